The molecule has 0 saturated carbocycles. The smallest absolute Gasteiger partial charge is 0.303 e. The highest BCUT2D eigenvalue weighted by molar-refractivity contribution is 8.00. The van der Waals surface area contributed by atoms with Gasteiger partial charge >= 0.3 is 5.97 Å². The second-order valence-corrected chi connectivity index (χ2v) is 11.6. The van der Waals surface area contributed by atoms with Crippen molar-refractivity contribution in [3.05, 3.63) is 40.3 Å². The molecule has 3 N–H and O–H groups in total. The van der Waals surface area contributed by atoms with Gasteiger partial charge in [-0.1, -0.05) is 26.8 Å². The first kappa shape index (κ1) is 25.8. The van der Waals surface area contributed by atoms with E-state index >= 15 is 0 Å². The predicted octanol–water partition coefficient (Wildman–Crippen LogP) is 5.30. The third-order valence-electron chi connectivity index (χ3n) is 5.91. The molecule has 1 heterocycles. The summed E-state index contributed by atoms with van der Waals surface area (Å²) in [4.78, 5) is 37.1. The van der Waals surface area contributed by atoms with Gasteiger partial charge in [0.15, 0.2) is 0 Å². The fraction of sp³-hybridized carbons (Fsp3) is 0.440. The van der Waals surface area contributed by atoms with E-state index in [2.05, 4.69) is 37.5 Å². The van der Waals surface area contributed by atoms with E-state index < -0.39 is 5.97 Å². The zero-order valence-electron chi connectivity index (χ0n) is 19.6. The zero-order chi connectivity index (χ0) is 24.9. The van der Waals surface area contributed by atoms with Crippen LogP contribution in [0.15, 0.2) is 29.2 Å². The second-order valence-electron chi connectivity index (χ2n) is 9.43. The fourth-order valence-corrected chi connectivity index (χ4v) is 6.00. The van der Waals surface area contributed by atoms with E-state index in [4.69, 9.17) is 5.11 Å². The molecule has 1 aliphatic rings. The van der Waals surface area contributed by atoms with Gasteiger partial charge in [0, 0.05) is 21.9 Å². The number of anilines is 2. The van der Waals surface area contributed by atoms with E-state index in [9.17, 15) is 19.6 Å². The van der Waals surface area contributed by atoms with E-state index in [1.165, 1.54) is 28.0 Å². The summed E-state index contributed by atoms with van der Waals surface area (Å²) in [6, 6.07) is 9.35. The van der Waals surface area contributed by atoms with Crippen molar-refractivity contribution in [1.82, 2.24) is 0 Å². The van der Waals surface area contributed by atoms with Crippen molar-refractivity contribution in [3.8, 4) is 6.07 Å². The number of rotatable bonds is 8. The number of hydrogen-bond donors (Lipinski definition) is 3. The molecule has 1 atom stereocenters. The van der Waals surface area contributed by atoms with Crippen molar-refractivity contribution in [2.24, 2.45) is 11.3 Å². The van der Waals surface area contributed by atoms with E-state index in [1.54, 1.807) is 18.2 Å². The minimum atomic E-state index is -1.02. The van der Waals surface area contributed by atoms with Gasteiger partial charge < -0.3 is 15.7 Å². The Kier molecular flexibility index (Phi) is 8.39. The molecule has 1 aromatic heterocycles. The number of hydrogen-bond acceptors (Lipinski definition) is 6. The Morgan fingerprint density at radius 1 is 1.21 bits per heavy atom. The predicted molar refractivity (Wildman–Crippen MR) is 135 cm³/mol. The van der Waals surface area contributed by atoms with Crippen LogP contribution in [0.2, 0.25) is 0 Å². The maximum absolute atomic E-state index is 12.6. The summed E-state index contributed by atoms with van der Waals surface area (Å²) in [5.74, 6) is -0.869. The van der Waals surface area contributed by atoms with E-state index in [-0.39, 0.29) is 35.8 Å². The number of carbonyl (C=O) groups excluding carboxylic acids is 2. The standard InChI is InChI=1S/C25H29N3O4S2/c1-25(2,3)15-7-8-18-19(13-26)24(34-20(18)11-15)28-22(30)14-33-17-6-4-5-16(12-17)27-21(29)9-10-23(31)32/h4-6,12,15H,7-11,14H2,1-3H3,(H,27,29)(H,28,30)(H,31,32). The number of amides is 2. The normalized spacial score (nSPS) is 15.2. The highest BCUT2D eigenvalue weighted by atomic mass is 32.2. The molecule has 2 aromatic rings. The molecule has 3 rings (SSSR count). The van der Waals surface area contributed by atoms with Gasteiger partial charge in [0.05, 0.1) is 17.7 Å². The lowest BCUT2D eigenvalue weighted by Crippen LogP contribution is -2.26. The van der Waals surface area contributed by atoms with Crippen LogP contribution >= 0.6 is 23.1 Å². The van der Waals surface area contributed by atoms with E-state index in [0.29, 0.717) is 22.2 Å². The third kappa shape index (κ3) is 6.84. The minimum Gasteiger partial charge on any atom is -0.481 e. The molecule has 1 aromatic carbocycles. The van der Waals surface area contributed by atoms with Crippen LogP contribution in [0.1, 0.15) is 56.0 Å². The Morgan fingerprint density at radius 2 is 1.97 bits per heavy atom. The number of nitrogens with zero attached hydrogens (tertiary/aromatic N) is 1. The number of benzene rings is 1. The van der Waals surface area contributed by atoms with Gasteiger partial charge in [-0.2, -0.15) is 5.26 Å². The van der Waals surface area contributed by atoms with Crippen LogP contribution in [0.4, 0.5) is 10.7 Å². The number of aliphatic carboxylic acids is 1. The minimum absolute atomic E-state index is 0.0996. The summed E-state index contributed by atoms with van der Waals surface area (Å²) in [6.45, 7) is 6.74. The molecule has 0 spiro atoms. The molecule has 0 aliphatic heterocycles. The number of thioether (sulfide) groups is 1. The third-order valence-corrected chi connectivity index (χ3v) is 8.07. The molecular weight excluding hydrogens is 470 g/mol. The highest BCUT2D eigenvalue weighted by Crippen LogP contribution is 2.44. The Labute approximate surface area is 207 Å². The molecule has 9 heteroatoms. The molecular formula is C25H29N3O4S2. The Hall–Kier alpha value is -2.83. The molecule has 7 nitrogen and oxygen atoms in total. The van der Waals surface area contributed by atoms with Crippen LogP contribution in [-0.4, -0.2) is 28.6 Å². The average Bonchev–Trinajstić information content (AvgIpc) is 3.12. The van der Waals surface area contributed by atoms with Crippen molar-refractivity contribution in [2.75, 3.05) is 16.4 Å². The number of nitriles is 1. The Balaban J connectivity index is 1.59. The number of carbonyl (C=O) groups is 3. The lowest BCUT2D eigenvalue weighted by molar-refractivity contribution is -0.138. The van der Waals surface area contributed by atoms with Gasteiger partial charge in [0.25, 0.3) is 0 Å². The quantitative estimate of drug-likeness (QED) is 0.424. The second kappa shape index (κ2) is 11.1. The monoisotopic (exact) mass is 499 g/mol. The SMILES string of the molecule is CC(C)(C)C1CCc2c(sc(NC(=O)CSc3cccc(NC(=O)CCC(=O)O)c3)c2C#N)C1. The first-order chi connectivity index (χ1) is 16.1. The van der Waals surface area contributed by atoms with Gasteiger partial charge in [0.2, 0.25) is 11.8 Å². The summed E-state index contributed by atoms with van der Waals surface area (Å²) in [5, 5.41) is 24.6. The number of carboxylic acid groups (broad SMARTS) is 1. The van der Waals surface area contributed by atoms with Gasteiger partial charge in [-0.05, 0) is 54.4 Å². The molecule has 1 unspecified atom stereocenters. The van der Waals surface area contributed by atoms with Crippen LogP contribution in [0.5, 0.6) is 0 Å². The van der Waals surface area contributed by atoms with Crippen LogP contribution in [0.3, 0.4) is 0 Å². The maximum atomic E-state index is 12.6. The summed E-state index contributed by atoms with van der Waals surface area (Å²) >= 11 is 2.84. The molecule has 2 amide bonds. The Morgan fingerprint density at radius 3 is 2.65 bits per heavy atom. The largest absolute Gasteiger partial charge is 0.481 e. The number of nitrogens with one attached hydrogen (secondary N) is 2. The highest BCUT2D eigenvalue weighted by Gasteiger charge is 2.32. The van der Waals surface area contributed by atoms with Gasteiger partial charge in [-0.3, -0.25) is 14.4 Å². The van der Waals surface area contributed by atoms with Crippen molar-refractivity contribution in [3.63, 3.8) is 0 Å². The molecule has 0 bridgehead atoms. The van der Waals surface area contributed by atoms with E-state index in [0.717, 1.165) is 29.7 Å². The molecule has 1 aliphatic carbocycles. The van der Waals surface area contributed by atoms with Crippen LogP contribution in [0, 0.1) is 22.7 Å². The molecule has 180 valence electrons. The summed E-state index contributed by atoms with van der Waals surface area (Å²) in [5.41, 5.74) is 2.43. The Bertz CT molecular complexity index is 1130. The summed E-state index contributed by atoms with van der Waals surface area (Å²) < 4.78 is 0. The lowest BCUT2D eigenvalue weighted by Gasteiger charge is -2.33. The molecule has 0 fully saturated rings. The summed E-state index contributed by atoms with van der Waals surface area (Å²) in [7, 11) is 0. The van der Waals surface area contributed by atoms with Crippen molar-refractivity contribution in [2.45, 2.75) is 57.8 Å². The summed E-state index contributed by atoms with van der Waals surface area (Å²) in [6.07, 6.45) is 2.53. The molecule has 0 radical (unpaired) electrons. The van der Waals surface area contributed by atoms with Crippen molar-refractivity contribution in [1.29, 1.82) is 5.26 Å². The maximum Gasteiger partial charge on any atom is 0.303 e. The van der Waals surface area contributed by atoms with Gasteiger partial charge in [-0.25, -0.2) is 0 Å². The van der Waals surface area contributed by atoms with Crippen molar-refractivity contribution < 1.29 is 19.5 Å². The number of carboxylic acids is 1. The number of thiophene rings is 1. The van der Waals surface area contributed by atoms with Crippen LogP contribution < -0.4 is 10.6 Å². The van der Waals surface area contributed by atoms with Crippen molar-refractivity contribution >= 4 is 51.6 Å². The van der Waals surface area contributed by atoms with Gasteiger partial charge in [0.1, 0.15) is 11.1 Å². The average molecular weight is 500 g/mol. The molecule has 34 heavy (non-hydrogen) atoms. The zero-order valence-corrected chi connectivity index (χ0v) is 21.2. The number of fused-ring (bicyclic) bond motifs is 1. The topological polar surface area (TPSA) is 119 Å². The first-order valence-corrected chi connectivity index (χ1v) is 13.0. The fourth-order valence-electron chi connectivity index (χ4n) is 3.95. The van der Waals surface area contributed by atoms with Gasteiger partial charge in [-0.15, -0.1) is 23.1 Å². The molecule has 0 saturated heterocycles. The van der Waals surface area contributed by atoms with Crippen LogP contribution in [0.25, 0.3) is 0 Å². The van der Waals surface area contributed by atoms with Crippen LogP contribution in [-0.2, 0) is 27.2 Å². The lowest BCUT2D eigenvalue weighted by atomic mass is 9.72. The van der Waals surface area contributed by atoms with E-state index in [1.807, 2.05) is 6.07 Å². The first-order valence-electron chi connectivity index (χ1n) is 11.2.